The van der Waals surface area contributed by atoms with Gasteiger partial charge in [0.1, 0.15) is 6.54 Å². The van der Waals surface area contributed by atoms with E-state index in [0.29, 0.717) is 15.7 Å². The van der Waals surface area contributed by atoms with Crippen molar-refractivity contribution in [1.82, 2.24) is 5.43 Å². The predicted octanol–water partition coefficient (Wildman–Crippen LogP) is 3.51. The number of halogens is 1. The van der Waals surface area contributed by atoms with Crippen LogP contribution in [0, 0.1) is 0 Å². The number of phenolic OH excluding ortho intramolecular Hbond substituents is 1. The van der Waals surface area contributed by atoms with Crippen LogP contribution in [0.2, 0.25) is 0 Å². The third kappa shape index (κ3) is 5.45. The molecule has 8 nitrogen and oxygen atoms in total. The molecule has 3 rings (SSSR count). The van der Waals surface area contributed by atoms with Gasteiger partial charge in [0.15, 0.2) is 11.5 Å². The minimum atomic E-state index is -4.02. The van der Waals surface area contributed by atoms with Crippen molar-refractivity contribution in [2.24, 2.45) is 5.10 Å². The predicted molar refractivity (Wildman–Crippen MR) is 126 cm³/mol. The fraction of sp³-hybridized carbons (Fsp3) is 0.0909. The van der Waals surface area contributed by atoms with Gasteiger partial charge in [-0.3, -0.25) is 9.10 Å². The Hall–Kier alpha value is -3.37. The summed E-state index contributed by atoms with van der Waals surface area (Å²) in [5, 5.41) is 13.9. The van der Waals surface area contributed by atoms with Crippen LogP contribution in [0.5, 0.6) is 11.5 Å². The second-order valence-electron chi connectivity index (χ2n) is 6.50. The molecular formula is C22H20BrN3O5S. The molecule has 32 heavy (non-hydrogen) atoms. The molecule has 0 aliphatic heterocycles. The van der Waals surface area contributed by atoms with E-state index in [2.05, 4.69) is 26.5 Å². The maximum atomic E-state index is 13.2. The zero-order valence-corrected chi connectivity index (χ0v) is 19.4. The number of nitrogens with zero attached hydrogens (tertiary/aromatic N) is 2. The Morgan fingerprint density at radius 3 is 2.53 bits per heavy atom. The van der Waals surface area contributed by atoms with Crippen molar-refractivity contribution in [3.05, 3.63) is 82.8 Å². The summed E-state index contributed by atoms with van der Waals surface area (Å²) in [6.45, 7) is -0.505. The van der Waals surface area contributed by atoms with Gasteiger partial charge in [0.25, 0.3) is 15.9 Å². The summed E-state index contributed by atoms with van der Waals surface area (Å²) in [6.07, 6.45) is 1.24. The molecule has 10 heteroatoms. The molecule has 0 aliphatic carbocycles. The van der Waals surface area contributed by atoms with E-state index in [9.17, 15) is 18.3 Å². The molecule has 0 spiro atoms. The molecule has 0 heterocycles. The molecule has 1 amide bonds. The lowest BCUT2D eigenvalue weighted by Crippen LogP contribution is -2.39. The molecular weight excluding hydrogens is 498 g/mol. The monoisotopic (exact) mass is 517 g/mol. The molecule has 2 N–H and O–H groups in total. The Balaban J connectivity index is 1.83. The molecule has 0 aliphatic rings. The summed E-state index contributed by atoms with van der Waals surface area (Å²) in [5.74, 6) is -0.534. The maximum Gasteiger partial charge on any atom is 0.264 e. The number of hydrazone groups is 1. The Bertz CT molecular complexity index is 1230. The number of nitrogens with one attached hydrogen (secondary N) is 1. The van der Waals surface area contributed by atoms with Gasteiger partial charge in [-0.15, -0.1) is 0 Å². The Kier molecular flexibility index (Phi) is 7.49. The summed E-state index contributed by atoms with van der Waals surface area (Å²) >= 11 is 3.33. The van der Waals surface area contributed by atoms with Gasteiger partial charge >= 0.3 is 0 Å². The van der Waals surface area contributed by atoms with Gasteiger partial charge < -0.3 is 9.84 Å². The van der Waals surface area contributed by atoms with Gasteiger partial charge in [-0.1, -0.05) is 46.3 Å². The summed E-state index contributed by atoms with van der Waals surface area (Å²) in [5.41, 5.74) is 2.93. The fourth-order valence-electron chi connectivity index (χ4n) is 2.81. The number of phenols is 1. The lowest BCUT2D eigenvalue weighted by Gasteiger charge is -2.23. The van der Waals surface area contributed by atoms with Crippen LogP contribution in [0.4, 0.5) is 5.69 Å². The van der Waals surface area contributed by atoms with Crippen LogP contribution >= 0.6 is 15.9 Å². The molecule has 166 valence electrons. The average molecular weight is 518 g/mol. The number of carbonyl (C=O) groups excluding carboxylic acids is 1. The first-order valence-corrected chi connectivity index (χ1v) is 11.6. The number of ether oxygens (including phenoxy) is 1. The zero-order chi connectivity index (χ0) is 23.1. The van der Waals surface area contributed by atoms with Crippen molar-refractivity contribution in [3.63, 3.8) is 0 Å². The SMILES string of the molecule is COc1cccc(/C=N\NC(=O)CN(c2cccc(Br)c2)S(=O)(=O)c2ccccc2)c1O. The number of carbonyl (C=O) groups is 1. The second kappa shape index (κ2) is 10.3. The highest BCUT2D eigenvalue weighted by Crippen LogP contribution is 2.28. The number of hydrogen-bond acceptors (Lipinski definition) is 6. The summed E-state index contributed by atoms with van der Waals surface area (Å²) < 4.78 is 33.2. The topological polar surface area (TPSA) is 108 Å². The van der Waals surface area contributed by atoms with Crippen LogP contribution in [-0.2, 0) is 14.8 Å². The van der Waals surface area contributed by atoms with Crippen LogP contribution in [0.15, 0.2) is 87.3 Å². The van der Waals surface area contributed by atoms with Crippen LogP contribution in [0.3, 0.4) is 0 Å². The minimum absolute atomic E-state index is 0.0533. The Morgan fingerprint density at radius 1 is 1.12 bits per heavy atom. The van der Waals surface area contributed by atoms with Crippen molar-refractivity contribution in [2.75, 3.05) is 18.0 Å². The van der Waals surface area contributed by atoms with E-state index >= 15 is 0 Å². The van der Waals surface area contributed by atoms with Crippen molar-refractivity contribution in [2.45, 2.75) is 4.90 Å². The van der Waals surface area contributed by atoms with Crippen molar-refractivity contribution in [1.29, 1.82) is 0 Å². The quantitative estimate of drug-likeness (QED) is 0.351. The summed E-state index contributed by atoms with van der Waals surface area (Å²) in [7, 11) is -2.60. The Labute approximate surface area is 194 Å². The van der Waals surface area contributed by atoms with Crippen LogP contribution in [0.25, 0.3) is 0 Å². The molecule has 0 saturated carbocycles. The molecule has 0 atom stereocenters. The molecule has 0 fully saturated rings. The molecule has 0 aromatic heterocycles. The van der Waals surface area contributed by atoms with Crippen molar-refractivity contribution in [3.8, 4) is 11.5 Å². The number of methoxy groups -OCH3 is 1. The largest absolute Gasteiger partial charge is 0.504 e. The summed E-state index contributed by atoms with van der Waals surface area (Å²) in [4.78, 5) is 12.6. The average Bonchev–Trinajstić information content (AvgIpc) is 2.79. The van der Waals surface area contributed by atoms with E-state index < -0.39 is 22.5 Å². The number of benzene rings is 3. The maximum absolute atomic E-state index is 13.2. The van der Waals surface area contributed by atoms with Gasteiger partial charge in [0.2, 0.25) is 0 Å². The van der Waals surface area contributed by atoms with E-state index in [-0.39, 0.29) is 16.4 Å². The van der Waals surface area contributed by atoms with E-state index in [1.54, 1.807) is 60.7 Å². The number of sulfonamides is 1. The van der Waals surface area contributed by atoms with E-state index in [1.807, 2.05) is 0 Å². The lowest BCUT2D eigenvalue weighted by atomic mass is 10.2. The molecule has 0 unspecified atom stereocenters. The summed E-state index contributed by atoms with van der Waals surface area (Å²) in [6, 6.07) is 19.3. The first-order valence-electron chi connectivity index (χ1n) is 9.34. The standard InChI is InChI=1S/C22H20BrN3O5S/c1-31-20-12-5-7-16(22(20)28)14-24-25-21(27)15-26(18-9-6-8-17(23)13-18)32(29,30)19-10-3-2-4-11-19/h2-14,28H,15H2,1H3,(H,25,27)/b24-14-. The van der Waals surface area contributed by atoms with Crippen LogP contribution in [0.1, 0.15) is 5.56 Å². The lowest BCUT2D eigenvalue weighted by molar-refractivity contribution is -0.119. The molecule has 3 aromatic carbocycles. The molecule has 0 radical (unpaired) electrons. The first kappa shape index (κ1) is 23.3. The number of para-hydroxylation sites is 1. The molecule has 0 bridgehead atoms. The Morgan fingerprint density at radius 2 is 1.84 bits per heavy atom. The third-order valence-corrected chi connectivity index (χ3v) is 6.64. The smallest absolute Gasteiger partial charge is 0.264 e. The van der Waals surface area contributed by atoms with Crippen molar-refractivity contribution < 1.29 is 23.1 Å². The minimum Gasteiger partial charge on any atom is -0.504 e. The molecule has 3 aromatic rings. The van der Waals surface area contributed by atoms with Gasteiger partial charge in [-0.2, -0.15) is 5.10 Å². The van der Waals surface area contributed by atoms with Gasteiger partial charge in [0, 0.05) is 10.0 Å². The number of rotatable bonds is 8. The highest BCUT2D eigenvalue weighted by molar-refractivity contribution is 9.10. The second-order valence-corrected chi connectivity index (χ2v) is 9.27. The zero-order valence-electron chi connectivity index (χ0n) is 17.0. The number of aromatic hydroxyl groups is 1. The van der Waals surface area contributed by atoms with Gasteiger partial charge in [-0.25, -0.2) is 13.8 Å². The highest BCUT2D eigenvalue weighted by atomic mass is 79.9. The first-order chi connectivity index (χ1) is 15.3. The normalized spacial score (nSPS) is 11.3. The van der Waals surface area contributed by atoms with E-state index in [4.69, 9.17) is 4.74 Å². The number of anilines is 1. The fourth-order valence-corrected chi connectivity index (χ4v) is 4.63. The third-order valence-electron chi connectivity index (χ3n) is 4.36. The van der Waals surface area contributed by atoms with E-state index in [0.717, 1.165) is 4.31 Å². The number of amides is 1. The number of hydrogen-bond donors (Lipinski definition) is 2. The van der Waals surface area contributed by atoms with Gasteiger partial charge in [0.05, 0.1) is 23.9 Å². The molecule has 0 saturated heterocycles. The van der Waals surface area contributed by atoms with E-state index in [1.165, 1.54) is 25.5 Å². The highest BCUT2D eigenvalue weighted by Gasteiger charge is 2.27. The van der Waals surface area contributed by atoms with Crippen LogP contribution < -0.4 is 14.5 Å². The van der Waals surface area contributed by atoms with Crippen LogP contribution in [-0.4, -0.2) is 39.3 Å². The van der Waals surface area contributed by atoms with Crippen molar-refractivity contribution >= 4 is 43.8 Å². The van der Waals surface area contributed by atoms with Gasteiger partial charge in [-0.05, 0) is 42.5 Å².